The molecule has 0 amide bonds. The van der Waals surface area contributed by atoms with Crippen molar-refractivity contribution < 1.29 is 9.53 Å². The van der Waals surface area contributed by atoms with Gasteiger partial charge in [-0.3, -0.25) is 4.79 Å². The van der Waals surface area contributed by atoms with E-state index in [4.69, 9.17) is 4.74 Å². The highest BCUT2D eigenvalue weighted by atomic mass is 16.5. The summed E-state index contributed by atoms with van der Waals surface area (Å²) in [7, 11) is 2.03. The van der Waals surface area contributed by atoms with Crippen LogP contribution >= 0.6 is 0 Å². The Balaban J connectivity index is 3.65. The van der Waals surface area contributed by atoms with Crippen LogP contribution in [0, 0.1) is 5.41 Å². The van der Waals surface area contributed by atoms with Gasteiger partial charge >= 0.3 is 0 Å². The van der Waals surface area contributed by atoms with Gasteiger partial charge in [-0.25, -0.2) is 0 Å². The second-order valence-corrected chi connectivity index (χ2v) is 5.65. The molecule has 0 rings (SSSR count). The summed E-state index contributed by atoms with van der Waals surface area (Å²) in [5, 5.41) is 0. The molecule has 0 fully saturated rings. The Morgan fingerprint density at radius 1 is 1.25 bits per heavy atom. The van der Waals surface area contributed by atoms with Crippen molar-refractivity contribution in [3.05, 3.63) is 0 Å². The van der Waals surface area contributed by atoms with Gasteiger partial charge in [-0.05, 0) is 20.9 Å². The van der Waals surface area contributed by atoms with Crippen molar-refractivity contribution in [2.45, 2.75) is 47.1 Å². The molecule has 0 aliphatic heterocycles. The lowest BCUT2D eigenvalue weighted by molar-refractivity contribution is -0.126. The second-order valence-electron chi connectivity index (χ2n) is 5.65. The number of rotatable bonds is 7. The average Bonchev–Trinajstić information content (AvgIpc) is 2.11. The fraction of sp³-hybridized carbons (Fsp3) is 0.923. The number of ether oxygens (including phenoxy) is 1. The maximum atomic E-state index is 11.7. The SMILES string of the molecule is CC(C)OCCN(C)CCC(=O)C(C)(C)C. The second kappa shape index (κ2) is 7.02. The summed E-state index contributed by atoms with van der Waals surface area (Å²) in [5.74, 6) is 0.323. The summed E-state index contributed by atoms with van der Waals surface area (Å²) >= 11 is 0. The van der Waals surface area contributed by atoms with Crippen LogP contribution < -0.4 is 0 Å². The Morgan fingerprint density at radius 2 is 1.81 bits per heavy atom. The van der Waals surface area contributed by atoms with Crippen molar-refractivity contribution in [1.82, 2.24) is 4.90 Å². The molecule has 0 saturated carbocycles. The van der Waals surface area contributed by atoms with Crippen molar-refractivity contribution in [2.24, 2.45) is 5.41 Å². The molecule has 0 aromatic heterocycles. The first-order valence-corrected chi connectivity index (χ1v) is 6.07. The van der Waals surface area contributed by atoms with Gasteiger partial charge in [-0.1, -0.05) is 20.8 Å². The summed E-state index contributed by atoms with van der Waals surface area (Å²) in [6, 6.07) is 0. The lowest BCUT2D eigenvalue weighted by Gasteiger charge is -2.20. The Hall–Kier alpha value is -0.410. The summed E-state index contributed by atoms with van der Waals surface area (Å²) < 4.78 is 5.46. The van der Waals surface area contributed by atoms with Crippen molar-refractivity contribution in [1.29, 1.82) is 0 Å². The van der Waals surface area contributed by atoms with E-state index in [0.29, 0.717) is 12.2 Å². The first kappa shape index (κ1) is 15.6. The van der Waals surface area contributed by atoms with E-state index in [1.807, 2.05) is 41.7 Å². The van der Waals surface area contributed by atoms with Crippen LogP contribution in [0.25, 0.3) is 0 Å². The van der Waals surface area contributed by atoms with Gasteiger partial charge in [-0.15, -0.1) is 0 Å². The van der Waals surface area contributed by atoms with Crippen LogP contribution in [0.2, 0.25) is 0 Å². The highest BCUT2D eigenvalue weighted by Crippen LogP contribution is 2.16. The number of carbonyl (C=O) groups is 1. The Labute approximate surface area is 100 Å². The minimum atomic E-state index is -0.213. The Kier molecular flexibility index (Phi) is 6.84. The van der Waals surface area contributed by atoms with Gasteiger partial charge in [0.1, 0.15) is 5.78 Å². The monoisotopic (exact) mass is 229 g/mol. The van der Waals surface area contributed by atoms with Crippen LogP contribution in [0.1, 0.15) is 41.0 Å². The van der Waals surface area contributed by atoms with Gasteiger partial charge in [0.2, 0.25) is 0 Å². The molecule has 0 aromatic carbocycles. The molecule has 0 aliphatic carbocycles. The molecule has 0 radical (unpaired) electrons. The summed E-state index contributed by atoms with van der Waals surface area (Å²) in [6.07, 6.45) is 0.909. The summed E-state index contributed by atoms with van der Waals surface area (Å²) in [4.78, 5) is 13.8. The topological polar surface area (TPSA) is 29.5 Å². The fourth-order valence-corrected chi connectivity index (χ4v) is 1.22. The van der Waals surface area contributed by atoms with Gasteiger partial charge in [0.05, 0.1) is 12.7 Å². The Bertz CT molecular complexity index is 206. The number of Topliss-reactive ketones (excluding diaryl/α,β-unsaturated/α-hetero) is 1. The lowest BCUT2D eigenvalue weighted by atomic mass is 9.89. The number of hydrogen-bond acceptors (Lipinski definition) is 3. The zero-order valence-corrected chi connectivity index (χ0v) is 11.7. The van der Waals surface area contributed by atoms with Crippen LogP contribution in [0.4, 0.5) is 0 Å². The molecule has 0 aliphatic rings. The smallest absolute Gasteiger partial charge is 0.139 e. The van der Waals surface area contributed by atoms with Gasteiger partial charge in [0.25, 0.3) is 0 Å². The fourth-order valence-electron chi connectivity index (χ4n) is 1.22. The van der Waals surface area contributed by atoms with Gasteiger partial charge in [0, 0.05) is 24.9 Å². The third-order valence-electron chi connectivity index (χ3n) is 2.48. The van der Waals surface area contributed by atoms with E-state index in [-0.39, 0.29) is 11.5 Å². The molecule has 0 heterocycles. The largest absolute Gasteiger partial charge is 0.377 e. The summed E-state index contributed by atoms with van der Waals surface area (Å²) in [6.45, 7) is 12.4. The van der Waals surface area contributed by atoms with Crippen molar-refractivity contribution in [3.63, 3.8) is 0 Å². The first-order chi connectivity index (χ1) is 7.23. The number of ketones is 1. The zero-order chi connectivity index (χ0) is 12.8. The van der Waals surface area contributed by atoms with Crippen LogP contribution in [0.15, 0.2) is 0 Å². The van der Waals surface area contributed by atoms with Gasteiger partial charge in [-0.2, -0.15) is 0 Å². The van der Waals surface area contributed by atoms with E-state index in [9.17, 15) is 4.79 Å². The third kappa shape index (κ3) is 7.83. The van der Waals surface area contributed by atoms with E-state index in [0.717, 1.165) is 19.7 Å². The molecule has 0 spiro atoms. The zero-order valence-electron chi connectivity index (χ0n) is 11.7. The van der Waals surface area contributed by atoms with Crippen molar-refractivity contribution in [3.8, 4) is 0 Å². The summed E-state index contributed by atoms with van der Waals surface area (Å²) in [5.41, 5.74) is -0.213. The van der Waals surface area contributed by atoms with Crippen LogP contribution in [0.5, 0.6) is 0 Å². The molecule has 3 nitrogen and oxygen atoms in total. The minimum Gasteiger partial charge on any atom is -0.377 e. The minimum absolute atomic E-state index is 0.213. The lowest BCUT2D eigenvalue weighted by Crippen LogP contribution is -2.29. The number of nitrogens with zero attached hydrogens (tertiary/aromatic N) is 1. The number of hydrogen-bond donors (Lipinski definition) is 0. The van der Waals surface area contributed by atoms with Gasteiger partial charge < -0.3 is 9.64 Å². The predicted octanol–water partition coefficient (Wildman–Crippen LogP) is 2.35. The normalized spacial score (nSPS) is 12.5. The van der Waals surface area contributed by atoms with Gasteiger partial charge in [0.15, 0.2) is 0 Å². The van der Waals surface area contributed by atoms with E-state index in [2.05, 4.69) is 4.90 Å². The van der Waals surface area contributed by atoms with Crippen LogP contribution in [-0.4, -0.2) is 43.5 Å². The van der Waals surface area contributed by atoms with E-state index in [1.54, 1.807) is 0 Å². The molecule has 0 saturated heterocycles. The Morgan fingerprint density at radius 3 is 2.25 bits per heavy atom. The maximum absolute atomic E-state index is 11.7. The molecule has 0 atom stereocenters. The van der Waals surface area contributed by atoms with E-state index < -0.39 is 0 Å². The predicted molar refractivity (Wildman–Crippen MR) is 67.7 cm³/mol. The highest BCUT2D eigenvalue weighted by Gasteiger charge is 2.20. The number of carbonyl (C=O) groups excluding carboxylic acids is 1. The third-order valence-corrected chi connectivity index (χ3v) is 2.48. The molecule has 96 valence electrons. The van der Waals surface area contributed by atoms with Crippen LogP contribution in [-0.2, 0) is 9.53 Å². The molecule has 0 N–H and O–H groups in total. The average molecular weight is 229 g/mol. The van der Waals surface area contributed by atoms with E-state index in [1.165, 1.54) is 0 Å². The maximum Gasteiger partial charge on any atom is 0.139 e. The molecular weight excluding hydrogens is 202 g/mol. The first-order valence-electron chi connectivity index (χ1n) is 6.07. The number of likely N-dealkylation sites (N-methyl/N-ethyl adjacent to an activating group) is 1. The standard InChI is InChI=1S/C13H27NO2/c1-11(2)16-10-9-14(6)8-7-12(15)13(3,4)5/h11H,7-10H2,1-6H3. The highest BCUT2D eigenvalue weighted by molar-refractivity contribution is 5.83. The van der Waals surface area contributed by atoms with Crippen LogP contribution in [0.3, 0.4) is 0 Å². The molecular formula is C13H27NO2. The molecule has 16 heavy (non-hydrogen) atoms. The van der Waals surface area contributed by atoms with Crippen molar-refractivity contribution >= 4 is 5.78 Å². The molecule has 0 bridgehead atoms. The quantitative estimate of drug-likeness (QED) is 0.671. The van der Waals surface area contributed by atoms with Crippen molar-refractivity contribution in [2.75, 3.05) is 26.7 Å². The molecule has 3 heteroatoms. The molecule has 0 unspecified atom stereocenters. The molecule has 0 aromatic rings. The van der Waals surface area contributed by atoms with E-state index >= 15 is 0 Å².